The number of rotatable bonds is 3. The topological polar surface area (TPSA) is 75.5 Å². The Morgan fingerprint density at radius 1 is 1.19 bits per heavy atom. The number of likely N-dealkylation sites (tertiary alicyclic amines) is 1. The van der Waals surface area contributed by atoms with Gasteiger partial charge in [-0.1, -0.05) is 0 Å². The van der Waals surface area contributed by atoms with Gasteiger partial charge in [0.25, 0.3) is 0 Å². The molecule has 0 saturated carbocycles. The molecule has 1 atom stereocenters. The molecule has 2 saturated heterocycles. The SMILES string of the molecule is O=C(Nc1ccc(F)c(-n2cc3cc(N4CCOCC4)cnc3n2)c1)N1CCC(F)C1. The molecule has 0 aliphatic carbocycles. The number of hydrogen-bond donors (Lipinski definition) is 1. The summed E-state index contributed by atoms with van der Waals surface area (Å²) in [7, 11) is 0. The van der Waals surface area contributed by atoms with Gasteiger partial charge in [-0.2, -0.15) is 0 Å². The smallest absolute Gasteiger partial charge is 0.321 e. The fourth-order valence-corrected chi connectivity index (χ4v) is 3.89. The molecule has 2 aliphatic heterocycles. The number of anilines is 2. The van der Waals surface area contributed by atoms with E-state index in [-0.39, 0.29) is 12.2 Å². The number of hydrogen-bond acceptors (Lipinski definition) is 5. The Labute approximate surface area is 177 Å². The maximum absolute atomic E-state index is 14.6. The molecule has 3 aromatic rings. The van der Waals surface area contributed by atoms with Gasteiger partial charge in [0, 0.05) is 36.9 Å². The van der Waals surface area contributed by atoms with E-state index in [4.69, 9.17) is 4.74 Å². The van der Waals surface area contributed by atoms with E-state index in [1.54, 1.807) is 12.4 Å². The second kappa shape index (κ2) is 8.10. The third kappa shape index (κ3) is 4.02. The standard InChI is InChI=1S/C21H22F2N6O2/c22-15-3-4-28(13-15)21(30)25-16-1-2-18(23)19(10-16)29-12-14-9-17(11-24-20(14)26-29)27-5-7-31-8-6-27/h1-2,9-12,15H,3-8,13H2,(H,25,30). The van der Waals surface area contributed by atoms with Crippen LogP contribution in [0.3, 0.4) is 0 Å². The van der Waals surface area contributed by atoms with Crippen LogP contribution in [0.5, 0.6) is 0 Å². The van der Waals surface area contributed by atoms with Crippen LogP contribution in [0.25, 0.3) is 16.7 Å². The van der Waals surface area contributed by atoms with Crippen LogP contribution in [0.4, 0.5) is 25.0 Å². The Morgan fingerprint density at radius 2 is 2.03 bits per heavy atom. The van der Waals surface area contributed by atoms with Crippen LogP contribution in [0.15, 0.2) is 36.7 Å². The zero-order valence-corrected chi connectivity index (χ0v) is 16.8. The molecule has 2 aliphatic rings. The van der Waals surface area contributed by atoms with E-state index in [1.165, 1.54) is 27.8 Å². The van der Waals surface area contributed by atoms with E-state index in [0.29, 0.717) is 37.5 Å². The number of amides is 2. The fourth-order valence-electron chi connectivity index (χ4n) is 3.89. The van der Waals surface area contributed by atoms with E-state index >= 15 is 0 Å². The maximum Gasteiger partial charge on any atom is 0.321 e. The number of pyridine rings is 1. The Hall–Kier alpha value is -3.27. The summed E-state index contributed by atoms with van der Waals surface area (Å²) in [5.41, 5.74) is 2.06. The average Bonchev–Trinajstić information content (AvgIpc) is 3.41. The molecular weight excluding hydrogens is 406 g/mol. The summed E-state index contributed by atoms with van der Waals surface area (Å²) in [5.74, 6) is -0.482. The molecule has 2 amide bonds. The molecule has 0 spiro atoms. The molecule has 1 aromatic carbocycles. The van der Waals surface area contributed by atoms with E-state index < -0.39 is 18.0 Å². The summed E-state index contributed by atoms with van der Waals surface area (Å²) in [6.07, 6.45) is 2.80. The van der Waals surface area contributed by atoms with Gasteiger partial charge < -0.3 is 19.9 Å². The minimum absolute atomic E-state index is 0.0710. The highest BCUT2D eigenvalue weighted by Gasteiger charge is 2.26. The normalized spacial score (nSPS) is 19.2. The minimum Gasteiger partial charge on any atom is -0.378 e. The molecule has 31 heavy (non-hydrogen) atoms. The first-order valence-corrected chi connectivity index (χ1v) is 10.2. The summed E-state index contributed by atoms with van der Waals surface area (Å²) >= 11 is 0. The summed E-state index contributed by atoms with van der Waals surface area (Å²) in [4.78, 5) is 20.3. The van der Waals surface area contributed by atoms with Crippen LogP contribution in [0.1, 0.15) is 6.42 Å². The van der Waals surface area contributed by atoms with Crippen LogP contribution >= 0.6 is 0 Å². The van der Waals surface area contributed by atoms with Gasteiger partial charge in [0.1, 0.15) is 17.7 Å². The van der Waals surface area contributed by atoms with Gasteiger partial charge in [0.2, 0.25) is 0 Å². The van der Waals surface area contributed by atoms with Crippen molar-refractivity contribution < 1.29 is 18.3 Å². The molecule has 5 rings (SSSR count). The largest absolute Gasteiger partial charge is 0.378 e. The molecule has 0 bridgehead atoms. The van der Waals surface area contributed by atoms with Crippen molar-refractivity contribution in [2.75, 3.05) is 49.6 Å². The van der Waals surface area contributed by atoms with E-state index in [1.807, 2.05) is 6.07 Å². The summed E-state index contributed by atoms with van der Waals surface area (Å²) in [5, 5.41) is 7.87. The molecule has 2 fully saturated rings. The number of aromatic nitrogens is 3. The summed E-state index contributed by atoms with van der Waals surface area (Å²) < 4.78 is 34.7. The predicted molar refractivity (Wildman–Crippen MR) is 112 cm³/mol. The number of nitrogens with one attached hydrogen (secondary N) is 1. The van der Waals surface area contributed by atoms with E-state index in [2.05, 4.69) is 20.3 Å². The average molecular weight is 428 g/mol. The van der Waals surface area contributed by atoms with Gasteiger partial charge in [-0.25, -0.2) is 23.2 Å². The Kier molecular flexibility index (Phi) is 5.14. The lowest BCUT2D eigenvalue weighted by Crippen LogP contribution is -2.36. The molecule has 4 heterocycles. The number of alkyl halides is 1. The molecule has 162 valence electrons. The first-order valence-electron chi connectivity index (χ1n) is 10.2. The highest BCUT2D eigenvalue weighted by atomic mass is 19.1. The van der Waals surface area contributed by atoms with Crippen molar-refractivity contribution in [2.24, 2.45) is 0 Å². The molecule has 10 heteroatoms. The molecule has 1 unspecified atom stereocenters. The lowest BCUT2D eigenvalue weighted by Gasteiger charge is -2.28. The van der Waals surface area contributed by atoms with Crippen LogP contribution < -0.4 is 10.2 Å². The number of nitrogens with zero attached hydrogens (tertiary/aromatic N) is 5. The van der Waals surface area contributed by atoms with Crippen molar-refractivity contribution in [1.82, 2.24) is 19.7 Å². The van der Waals surface area contributed by atoms with Crippen molar-refractivity contribution in [3.63, 3.8) is 0 Å². The third-order valence-electron chi connectivity index (χ3n) is 5.58. The van der Waals surface area contributed by atoms with Crippen LogP contribution in [-0.2, 0) is 4.74 Å². The Bertz CT molecular complexity index is 1110. The van der Waals surface area contributed by atoms with Gasteiger partial charge in [-0.15, -0.1) is 5.10 Å². The number of carbonyl (C=O) groups is 1. The number of benzene rings is 1. The van der Waals surface area contributed by atoms with Crippen LogP contribution in [0, 0.1) is 5.82 Å². The van der Waals surface area contributed by atoms with Crippen molar-refractivity contribution in [1.29, 1.82) is 0 Å². The predicted octanol–water partition coefficient (Wildman–Crippen LogP) is 2.97. The van der Waals surface area contributed by atoms with Crippen LogP contribution in [-0.4, -0.2) is 71.3 Å². The monoisotopic (exact) mass is 428 g/mol. The highest BCUT2D eigenvalue weighted by molar-refractivity contribution is 5.90. The molecule has 2 aromatic heterocycles. The molecular formula is C21H22F2N6O2. The first kappa shape index (κ1) is 19.7. The van der Waals surface area contributed by atoms with Crippen molar-refractivity contribution >= 4 is 28.4 Å². The summed E-state index contributed by atoms with van der Waals surface area (Å²) in [6, 6.07) is 5.82. The van der Waals surface area contributed by atoms with Crippen molar-refractivity contribution in [3.05, 3.63) is 42.5 Å². The van der Waals surface area contributed by atoms with E-state index in [9.17, 15) is 13.6 Å². The fraction of sp³-hybridized carbons (Fsp3) is 0.381. The van der Waals surface area contributed by atoms with Gasteiger partial charge in [0.05, 0.1) is 31.6 Å². The van der Waals surface area contributed by atoms with Gasteiger partial charge in [-0.3, -0.25) is 0 Å². The third-order valence-corrected chi connectivity index (χ3v) is 5.58. The zero-order valence-electron chi connectivity index (χ0n) is 16.8. The first-order chi connectivity index (χ1) is 15.1. The minimum atomic E-state index is -0.999. The number of ether oxygens (including phenoxy) is 1. The number of fused-ring (bicyclic) bond motifs is 1. The lowest BCUT2D eigenvalue weighted by atomic mass is 10.2. The summed E-state index contributed by atoms with van der Waals surface area (Å²) in [6.45, 7) is 3.36. The second-order valence-electron chi connectivity index (χ2n) is 7.71. The maximum atomic E-state index is 14.6. The quantitative estimate of drug-likeness (QED) is 0.694. The van der Waals surface area contributed by atoms with Crippen molar-refractivity contribution in [3.8, 4) is 5.69 Å². The van der Waals surface area contributed by atoms with Gasteiger partial charge >= 0.3 is 6.03 Å². The molecule has 8 nitrogen and oxygen atoms in total. The number of morpholine rings is 1. The lowest BCUT2D eigenvalue weighted by molar-refractivity contribution is 0.122. The molecule has 0 radical (unpaired) electrons. The van der Waals surface area contributed by atoms with Gasteiger partial charge in [0.15, 0.2) is 5.65 Å². The number of carbonyl (C=O) groups excluding carboxylic acids is 1. The Morgan fingerprint density at radius 3 is 2.81 bits per heavy atom. The number of halogens is 2. The van der Waals surface area contributed by atoms with Gasteiger partial charge in [-0.05, 0) is 30.7 Å². The molecule has 1 N–H and O–H groups in total. The highest BCUT2D eigenvalue weighted by Crippen LogP contribution is 2.24. The van der Waals surface area contributed by atoms with Crippen molar-refractivity contribution in [2.45, 2.75) is 12.6 Å². The number of urea groups is 1. The van der Waals surface area contributed by atoms with E-state index in [0.717, 1.165) is 24.2 Å². The van der Waals surface area contributed by atoms with Crippen LogP contribution in [0.2, 0.25) is 0 Å². The second-order valence-corrected chi connectivity index (χ2v) is 7.71. The Balaban J connectivity index is 1.40. The zero-order chi connectivity index (χ0) is 21.4.